The van der Waals surface area contributed by atoms with E-state index in [4.69, 9.17) is 4.74 Å². The molecule has 0 radical (unpaired) electrons. The first-order valence-corrected chi connectivity index (χ1v) is 8.60. The van der Waals surface area contributed by atoms with Crippen molar-refractivity contribution in [2.24, 2.45) is 16.7 Å². The highest BCUT2D eigenvalue weighted by atomic mass is 16.6. The molecule has 1 spiro atoms. The summed E-state index contributed by atoms with van der Waals surface area (Å²) < 4.78 is 5.77. The smallest absolute Gasteiger partial charge is 0.337 e. The van der Waals surface area contributed by atoms with Crippen LogP contribution in [0.25, 0.3) is 0 Å². The van der Waals surface area contributed by atoms with Crippen LogP contribution in [0.3, 0.4) is 0 Å². The van der Waals surface area contributed by atoms with Crippen molar-refractivity contribution in [1.82, 2.24) is 0 Å². The Kier molecular flexibility index (Phi) is 3.72. The van der Waals surface area contributed by atoms with E-state index < -0.39 is 40.4 Å². The van der Waals surface area contributed by atoms with Crippen LogP contribution in [0.15, 0.2) is 23.8 Å². The van der Waals surface area contributed by atoms with Crippen molar-refractivity contribution in [2.45, 2.75) is 64.6 Å². The highest BCUT2D eigenvalue weighted by Gasteiger charge is 2.63. The van der Waals surface area contributed by atoms with Gasteiger partial charge < -0.3 is 14.9 Å². The Bertz CT molecular complexity index is 646. The van der Waals surface area contributed by atoms with Gasteiger partial charge in [0.05, 0.1) is 11.7 Å². The predicted octanol–water partition coefficient (Wildman–Crippen LogP) is 2.84. The van der Waals surface area contributed by atoms with Crippen LogP contribution in [0.5, 0.6) is 0 Å². The van der Waals surface area contributed by atoms with Crippen LogP contribution in [-0.2, 0) is 14.3 Å². The number of carboxylic acids is 1. The summed E-state index contributed by atoms with van der Waals surface area (Å²) in [5.74, 6) is -2.29. The van der Waals surface area contributed by atoms with Crippen LogP contribution in [0.2, 0.25) is 0 Å². The standard InChI is InChI=1S/C19H26O5/c1-5-18(4)10-7-11-12(14(18)20)16(23)24-19(11)9-6-8-17(2,3)13(19)15(21)22/h5,13-14,20H,1,6-10H2,2-4H3,(H,21,22). The molecule has 0 saturated heterocycles. The van der Waals surface area contributed by atoms with E-state index >= 15 is 0 Å². The monoisotopic (exact) mass is 334 g/mol. The van der Waals surface area contributed by atoms with E-state index in [1.54, 1.807) is 6.08 Å². The topological polar surface area (TPSA) is 83.8 Å². The van der Waals surface area contributed by atoms with Gasteiger partial charge in [0.15, 0.2) is 0 Å². The molecular formula is C19H26O5. The van der Waals surface area contributed by atoms with E-state index in [0.717, 1.165) is 12.8 Å². The number of aliphatic hydroxyl groups is 1. The summed E-state index contributed by atoms with van der Waals surface area (Å²) in [6.45, 7) is 9.50. The van der Waals surface area contributed by atoms with Gasteiger partial charge in [-0.1, -0.05) is 26.8 Å². The average molecular weight is 334 g/mol. The maximum Gasteiger partial charge on any atom is 0.337 e. The zero-order valence-corrected chi connectivity index (χ0v) is 14.6. The normalized spacial score (nSPS) is 41.1. The fourth-order valence-corrected chi connectivity index (χ4v) is 5.03. The first kappa shape index (κ1) is 17.2. The fraction of sp³-hybridized carbons (Fsp3) is 0.684. The highest BCUT2D eigenvalue weighted by molar-refractivity contribution is 5.96. The van der Waals surface area contributed by atoms with Gasteiger partial charge in [-0.25, -0.2) is 4.79 Å². The van der Waals surface area contributed by atoms with Gasteiger partial charge >= 0.3 is 11.9 Å². The third-order valence-corrected chi connectivity index (χ3v) is 6.47. The molecule has 2 N–H and O–H groups in total. The highest BCUT2D eigenvalue weighted by Crippen LogP contribution is 2.58. The number of carbonyl (C=O) groups excluding carboxylic acids is 1. The van der Waals surface area contributed by atoms with E-state index in [2.05, 4.69) is 6.58 Å². The minimum atomic E-state index is -1.11. The molecule has 2 aliphatic carbocycles. The number of hydrogen-bond acceptors (Lipinski definition) is 4. The van der Waals surface area contributed by atoms with E-state index in [0.29, 0.717) is 24.8 Å². The van der Waals surface area contributed by atoms with Gasteiger partial charge in [-0.3, -0.25) is 4.79 Å². The number of hydrogen-bond donors (Lipinski definition) is 2. The Morgan fingerprint density at radius 1 is 1.29 bits per heavy atom. The van der Waals surface area contributed by atoms with Crippen LogP contribution in [0.1, 0.15) is 52.9 Å². The summed E-state index contributed by atoms with van der Waals surface area (Å²) in [6, 6.07) is 0. The number of aliphatic hydroxyl groups excluding tert-OH is 1. The second-order valence-corrected chi connectivity index (χ2v) is 8.40. The van der Waals surface area contributed by atoms with Crippen molar-refractivity contribution < 1.29 is 24.5 Å². The number of esters is 1. The van der Waals surface area contributed by atoms with E-state index in [-0.39, 0.29) is 5.57 Å². The number of carbonyl (C=O) groups is 2. The Hall–Kier alpha value is -1.62. The molecule has 5 heteroatoms. The van der Waals surface area contributed by atoms with Crippen molar-refractivity contribution in [2.75, 3.05) is 0 Å². The Morgan fingerprint density at radius 3 is 2.54 bits per heavy atom. The van der Waals surface area contributed by atoms with Crippen LogP contribution in [0, 0.1) is 16.7 Å². The van der Waals surface area contributed by atoms with E-state index in [1.807, 2.05) is 20.8 Å². The van der Waals surface area contributed by atoms with Gasteiger partial charge in [0.1, 0.15) is 11.5 Å². The SMILES string of the molecule is C=CC1(C)CCC2=C(C(=O)OC23CCCC(C)(C)C3C(=O)O)C1O. The molecule has 3 rings (SSSR count). The summed E-state index contributed by atoms with van der Waals surface area (Å²) >= 11 is 0. The van der Waals surface area contributed by atoms with E-state index in [1.165, 1.54) is 0 Å². The number of ether oxygens (including phenoxy) is 1. The molecule has 0 aromatic carbocycles. The van der Waals surface area contributed by atoms with Crippen molar-refractivity contribution in [3.63, 3.8) is 0 Å². The average Bonchev–Trinajstić information content (AvgIpc) is 2.74. The first-order chi connectivity index (χ1) is 11.1. The lowest BCUT2D eigenvalue weighted by atomic mass is 9.57. The molecule has 1 saturated carbocycles. The predicted molar refractivity (Wildman–Crippen MR) is 88.2 cm³/mol. The van der Waals surface area contributed by atoms with Crippen LogP contribution in [-0.4, -0.2) is 33.9 Å². The lowest BCUT2D eigenvalue weighted by Gasteiger charge is -2.49. The third-order valence-electron chi connectivity index (χ3n) is 6.47. The number of fused-ring (bicyclic) bond motifs is 1. The van der Waals surface area contributed by atoms with Crippen molar-refractivity contribution in [3.05, 3.63) is 23.8 Å². The first-order valence-electron chi connectivity index (χ1n) is 8.60. The fourth-order valence-electron chi connectivity index (χ4n) is 5.03. The van der Waals surface area contributed by atoms with Crippen molar-refractivity contribution in [3.8, 4) is 0 Å². The molecule has 0 aromatic heterocycles. The molecule has 24 heavy (non-hydrogen) atoms. The van der Waals surface area contributed by atoms with Gasteiger partial charge in [-0.2, -0.15) is 0 Å². The van der Waals surface area contributed by atoms with Crippen molar-refractivity contribution >= 4 is 11.9 Å². The van der Waals surface area contributed by atoms with Gasteiger partial charge in [0, 0.05) is 5.41 Å². The molecule has 0 bridgehead atoms. The molecule has 0 aromatic rings. The molecule has 132 valence electrons. The lowest BCUT2D eigenvalue weighted by molar-refractivity contribution is -0.176. The maximum absolute atomic E-state index is 12.6. The van der Waals surface area contributed by atoms with Crippen molar-refractivity contribution in [1.29, 1.82) is 0 Å². The molecule has 4 unspecified atom stereocenters. The largest absolute Gasteiger partial charge is 0.481 e. The molecule has 1 fully saturated rings. The number of rotatable bonds is 2. The van der Waals surface area contributed by atoms with Gasteiger partial charge in [0.25, 0.3) is 0 Å². The summed E-state index contributed by atoms with van der Waals surface area (Å²) in [7, 11) is 0. The Labute approximate surface area is 142 Å². The summed E-state index contributed by atoms with van der Waals surface area (Å²) in [5, 5.41) is 20.7. The zero-order valence-electron chi connectivity index (χ0n) is 14.6. The van der Waals surface area contributed by atoms with Gasteiger partial charge in [-0.15, -0.1) is 6.58 Å². The molecule has 5 nitrogen and oxygen atoms in total. The van der Waals surface area contributed by atoms with E-state index in [9.17, 15) is 19.8 Å². The Morgan fingerprint density at radius 2 is 1.96 bits per heavy atom. The number of carboxylic acid groups (broad SMARTS) is 1. The molecule has 3 aliphatic rings. The minimum Gasteiger partial charge on any atom is -0.481 e. The van der Waals surface area contributed by atoms with Gasteiger partial charge in [-0.05, 0) is 43.1 Å². The lowest BCUT2D eigenvalue weighted by Crippen LogP contribution is -2.54. The van der Waals surface area contributed by atoms with Gasteiger partial charge in [0.2, 0.25) is 0 Å². The van der Waals surface area contributed by atoms with Crippen LogP contribution in [0.4, 0.5) is 0 Å². The molecular weight excluding hydrogens is 308 g/mol. The number of aliphatic carboxylic acids is 1. The van der Waals surface area contributed by atoms with Crippen LogP contribution >= 0.6 is 0 Å². The molecule has 4 atom stereocenters. The molecule has 0 amide bonds. The second-order valence-electron chi connectivity index (χ2n) is 8.40. The van der Waals surface area contributed by atoms with Crippen LogP contribution < -0.4 is 0 Å². The quantitative estimate of drug-likeness (QED) is 0.599. The third kappa shape index (κ3) is 2.10. The summed E-state index contributed by atoms with van der Waals surface area (Å²) in [5.41, 5.74) is -1.20. The minimum absolute atomic E-state index is 0.271. The zero-order chi connectivity index (χ0) is 17.9. The maximum atomic E-state index is 12.6. The summed E-state index contributed by atoms with van der Waals surface area (Å²) in [6.07, 6.45) is 3.95. The summed E-state index contributed by atoms with van der Waals surface area (Å²) in [4.78, 5) is 24.7. The Balaban J connectivity index is 2.16. The molecule has 1 aliphatic heterocycles. The second kappa shape index (κ2) is 5.19. The molecule has 1 heterocycles.